The van der Waals surface area contributed by atoms with Crippen LogP contribution in [-0.2, 0) is 6.42 Å². The van der Waals surface area contributed by atoms with Crippen LogP contribution in [0.5, 0.6) is 0 Å². The predicted octanol–water partition coefficient (Wildman–Crippen LogP) is 3.47. The molecule has 1 aliphatic rings. The van der Waals surface area contributed by atoms with Crippen molar-refractivity contribution >= 4 is 11.8 Å². The van der Waals surface area contributed by atoms with Crippen LogP contribution >= 0.6 is 11.8 Å². The minimum Gasteiger partial charge on any atom is -0.469 e. The molecule has 3 atom stereocenters. The van der Waals surface area contributed by atoms with Gasteiger partial charge in [-0.2, -0.15) is 11.8 Å². The maximum absolute atomic E-state index is 5.36. The van der Waals surface area contributed by atoms with Gasteiger partial charge < -0.3 is 9.73 Å². The van der Waals surface area contributed by atoms with E-state index in [1.807, 2.05) is 6.07 Å². The molecule has 0 amide bonds. The van der Waals surface area contributed by atoms with E-state index in [2.05, 4.69) is 37.0 Å². The highest BCUT2D eigenvalue weighted by Gasteiger charge is 2.22. The quantitative estimate of drug-likeness (QED) is 0.870. The Morgan fingerprint density at radius 1 is 1.59 bits per heavy atom. The fourth-order valence-corrected chi connectivity index (χ4v) is 3.56. The van der Waals surface area contributed by atoms with E-state index in [0.29, 0.717) is 12.1 Å². The van der Waals surface area contributed by atoms with Crippen molar-refractivity contribution in [3.8, 4) is 0 Å². The maximum atomic E-state index is 5.36. The number of hydrogen-bond acceptors (Lipinski definition) is 3. The van der Waals surface area contributed by atoms with Gasteiger partial charge in [0.1, 0.15) is 5.76 Å². The minimum atomic E-state index is 0.575. The molecule has 96 valence electrons. The van der Waals surface area contributed by atoms with Crippen molar-refractivity contribution in [1.82, 2.24) is 5.32 Å². The molecule has 1 aromatic rings. The van der Waals surface area contributed by atoms with E-state index in [0.717, 1.165) is 23.9 Å². The number of aryl methyl sites for hydroxylation is 1. The van der Waals surface area contributed by atoms with Crippen LogP contribution < -0.4 is 5.32 Å². The van der Waals surface area contributed by atoms with Crippen molar-refractivity contribution in [2.45, 2.75) is 56.9 Å². The Morgan fingerprint density at radius 3 is 3.18 bits per heavy atom. The lowest BCUT2D eigenvalue weighted by molar-refractivity contribution is 0.387. The fraction of sp³-hybridized carbons (Fsp3) is 0.714. The number of hydrogen-bond donors (Lipinski definition) is 1. The monoisotopic (exact) mass is 253 g/mol. The molecule has 0 radical (unpaired) electrons. The fourth-order valence-electron chi connectivity index (χ4n) is 2.40. The molecular weight excluding hydrogens is 230 g/mol. The first-order chi connectivity index (χ1) is 8.25. The third-order valence-electron chi connectivity index (χ3n) is 3.51. The van der Waals surface area contributed by atoms with Crippen LogP contribution in [0, 0.1) is 0 Å². The molecule has 17 heavy (non-hydrogen) atoms. The summed E-state index contributed by atoms with van der Waals surface area (Å²) in [7, 11) is 0. The van der Waals surface area contributed by atoms with Gasteiger partial charge in [-0.25, -0.2) is 0 Å². The van der Waals surface area contributed by atoms with E-state index in [-0.39, 0.29) is 0 Å². The highest BCUT2D eigenvalue weighted by atomic mass is 32.2. The molecule has 1 fully saturated rings. The van der Waals surface area contributed by atoms with Crippen molar-refractivity contribution in [3.05, 3.63) is 24.2 Å². The van der Waals surface area contributed by atoms with E-state index >= 15 is 0 Å². The number of nitrogens with one attached hydrogen (secondary N) is 1. The molecule has 0 saturated carbocycles. The second-order valence-corrected chi connectivity index (χ2v) is 6.50. The van der Waals surface area contributed by atoms with Crippen LogP contribution in [-0.4, -0.2) is 23.1 Å². The lowest BCUT2D eigenvalue weighted by atomic mass is 10.1. The van der Waals surface area contributed by atoms with Gasteiger partial charge in [0.05, 0.1) is 6.26 Å². The van der Waals surface area contributed by atoms with Crippen molar-refractivity contribution in [2.75, 3.05) is 5.75 Å². The molecule has 1 saturated heterocycles. The van der Waals surface area contributed by atoms with Gasteiger partial charge >= 0.3 is 0 Å². The third kappa shape index (κ3) is 4.07. The van der Waals surface area contributed by atoms with Crippen LogP contribution in [0.15, 0.2) is 22.8 Å². The molecule has 0 aliphatic carbocycles. The molecule has 0 aromatic carbocycles. The van der Waals surface area contributed by atoms with Gasteiger partial charge in [-0.15, -0.1) is 0 Å². The zero-order valence-electron chi connectivity index (χ0n) is 10.8. The Balaban J connectivity index is 1.71. The summed E-state index contributed by atoms with van der Waals surface area (Å²) in [6.45, 7) is 4.63. The van der Waals surface area contributed by atoms with Gasteiger partial charge in [0, 0.05) is 23.8 Å². The Morgan fingerprint density at radius 2 is 2.47 bits per heavy atom. The van der Waals surface area contributed by atoms with Gasteiger partial charge in [-0.05, 0) is 44.1 Å². The van der Waals surface area contributed by atoms with E-state index in [4.69, 9.17) is 4.42 Å². The van der Waals surface area contributed by atoms with Gasteiger partial charge in [-0.1, -0.05) is 6.92 Å². The lowest BCUT2D eigenvalue weighted by Crippen LogP contribution is -2.44. The highest BCUT2D eigenvalue weighted by molar-refractivity contribution is 7.99. The lowest BCUT2D eigenvalue weighted by Gasteiger charge is -2.31. The average molecular weight is 253 g/mol. The largest absolute Gasteiger partial charge is 0.469 e. The van der Waals surface area contributed by atoms with Crippen molar-refractivity contribution in [3.63, 3.8) is 0 Å². The van der Waals surface area contributed by atoms with Gasteiger partial charge in [0.15, 0.2) is 0 Å². The zero-order valence-corrected chi connectivity index (χ0v) is 11.6. The zero-order chi connectivity index (χ0) is 12.1. The molecule has 3 heteroatoms. The second-order valence-electron chi connectivity index (χ2n) is 5.01. The summed E-state index contributed by atoms with van der Waals surface area (Å²) < 4.78 is 5.36. The molecule has 2 rings (SSSR count). The molecule has 0 bridgehead atoms. The van der Waals surface area contributed by atoms with E-state index in [1.165, 1.54) is 18.6 Å². The standard InChI is InChI=1S/C14H23NOS/c1-11(7-8-13-5-3-9-16-13)15-14-6-4-10-17-12(14)2/h3,5,9,11-12,14-15H,4,6-8,10H2,1-2H3. The van der Waals surface area contributed by atoms with E-state index < -0.39 is 0 Å². The molecule has 0 spiro atoms. The Hall–Kier alpha value is -0.410. The molecule has 2 heterocycles. The van der Waals surface area contributed by atoms with Crippen molar-refractivity contribution < 1.29 is 4.42 Å². The summed E-state index contributed by atoms with van der Waals surface area (Å²) >= 11 is 2.10. The number of furan rings is 1. The SMILES string of the molecule is CC(CCc1ccco1)NC1CCCSC1C. The normalized spacial score (nSPS) is 26.9. The maximum Gasteiger partial charge on any atom is 0.103 e. The summed E-state index contributed by atoms with van der Waals surface area (Å²) in [5, 5.41) is 4.53. The van der Waals surface area contributed by atoms with Crippen LogP contribution in [0.25, 0.3) is 0 Å². The summed E-state index contributed by atoms with van der Waals surface area (Å²) in [4.78, 5) is 0. The number of thioether (sulfide) groups is 1. The minimum absolute atomic E-state index is 0.575. The Kier molecular flexibility index (Phi) is 4.99. The van der Waals surface area contributed by atoms with E-state index in [1.54, 1.807) is 6.26 Å². The molecule has 1 N–H and O–H groups in total. The van der Waals surface area contributed by atoms with Gasteiger partial charge in [0.2, 0.25) is 0 Å². The number of rotatable bonds is 5. The van der Waals surface area contributed by atoms with E-state index in [9.17, 15) is 0 Å². The Bertz CT molecular complexity index is 312. The first kappa shape index (κ1) is 13.0. The third-order valence-corrected chi connectivity index (χ3v) is 4.89. The molecule has 1 aromatic heterocycles. The smallest absolute Gasteiger partial charge is 0.103 e. The summed E-state index contributed by atoms with van der Waals surface area (Å²) in [6.07, 6.45) is 6.64. The predicted molar refractivity (Wildman–Crippen MR) is 74.6 cm³/mol. The molecule has 1 aliphatic heterocycles. The molecule has 3 unspecified atom stereocenters. The van der Waals surface area contributed by atoms with Crippen LogP contribution in [0.3, 0.4) is 0 Å². The van der Waals surface area contributed by atoms with Crippen LogP contribution in [0.2, 0.25) is 0 Å². The first-order valence-electron chi connectivity index (χ1n) is 6.65. The second kappa shape index (κ2) is 6.50. The summed E-state index contributed by atoms with van der Waals surface area (Å²) in [5.41, 5.74) is 0. The topological polar surface area (TPSA) is 25.2 Å². The van der Waals surface area contributed by atoms with Gasteiger partial charge in [-0.3, -0.25) is 0 Å². The first-order valence-corrected chi connectivity index (χ1v) is 7.70. The molecular formula is C14H23NOS. The summed E-state index contributed by atoms with van der Waals surface area (Å²) in [6, 6.07) is 5.30. The summed E-state index contributed by atoms with van der Waals surface area (Å²) in [5.74, 6) is 2.44. The average Bonchev–Trinajstić information content (AvgIpc) is 2.82. The molecule has 2 nitrogen and oxygen atoms in total. The van der Waals surface area contributed by atoms with Crippen LogP contribution in [0.4, 0.5) is 0 Å². The van der Waals surface area contributed by atoms with Crippen molar-refractivity contribution in [1.29, 1.82) is 0 Å². The highest BCUT2D eigenvalue weighted by Crippen LogP contribution is 2.25. The van der Waals surface area contributed by atoms with Crippen LogP contribution in [0.1, 0.15) is 38.9 Å². The van der Waals surface area contributed by atoms with Gasteiger partial charge in [0.25, 0.3) is 0 Å². The van der Waals surface area contributed by atoms with Crippen molar-refractivity contribution in [2.24, 2.45) is 0 Å². The Labute approximate surface area is 109 Å².